The summed E-state index contributed by atoms with van der Waals surface area (Å²) in [7, 11) is 0. The molecule has 2 aromatic rings. The van der Waals surface area contributed by atoms with Crippen molar-refractivity contribution in [2.75, 3.05) is 13.2 Å². The summed E-state index contributed by atoms with van der Waals surface area (Å²) < 4.78 is 9.03. The number of fused-ring (bicyclic) bond motifs is 1. The predicted molar refractivity (Wildman–Crippen MR) is 92.3 cm³/mol. The van der Waals surface area contributed by atoms with Gasteiger partial charge in [0.1, 0.15) is 5.82 Å². The van der Waals surface area contributed by atoms with E-state index in [2.05, 4.69) is 64.2 Å². The molecule has 3 nitrogen and oxygen atoms in total. The number of hydrogen-bond donors (Lipinski definition) is 0. The number of nitrogens with zero attached hydrogens (tertiary/aromatic N) is 2. The van der Waals surface area contributed by atoms with Crippen LogP contribution in [0.15, 0.2) is 18.2 Å². The highest BCUT2D eigenvalue weighted by molar-refractivity contribution is 14.1. The van der Waals surface area contributed by atoms with Crippen LogP contribution < -0.4 is 0 Å². The number of ether oxygens (including phenoxy) is 1. The highest BCUT2D eigenvalue weighted by Crippen LogP contribution is 2.20. The van der Waals surface area contributed by atoms with E-state index < -0.39 is 0 Å². The minimum atomic E-state index is 0.443. The molecular formula is C15H20ClIN2O. The lowest BCUT2D eigenvalue weighted by Crippen LogP contribution is -2.08. The lowest BCUT2D eigenvalue weighted by atomic mass is 10.2. The first kappa shape index (κ1) is 16.0. The lowest BCUT2D eigenvalue weighted by Gasteiger charge is -2.09. The van der Waals surface area contributed by atoms with Crippen molar-refractivity contribution in [3.8, 4) is 0 Å². The van der Waals surface area contributed by atoms with Crippen LogP contribution in [0.25, 0.3) is 11.0 Å². The number of hydrogen-bond acceptors (Lipinski definition) is 2. The molecule has 110 valence electrons. The summed E-state index contributed by atoms with van der Waals surface area (Å²) in [4.78, 5) is 4.60. The van der Waals surface area contributed by atoms with Crippen LogP contribution in [0.4, 0.5) is 0 Å². The SMILES string of the molecule is CC(C)COCCCn1c(CCl)nc2cc(I)ccc21. The molecule has 5 heteroatoms. The van der Waals surface area contributed by atoms with E-state index in [1.54, 1.807) is 0 Å². The highest BCUT2D eigenvalue weighted by atomic mass is 127. The van der Waals surface area contributed by atoms with Crippen LogP contribution >= 0.6 is 34.2 Å². The second-order valence-electron chi connectivity index (χ2n) is 5.27. The summed E-state index contributed by atoms with van der Waals surface area (Å²) in [6, 6.07) is 6.32. The van der Waals surface area contributed by atoms with Gasteiger partial charge in [-0.25, -0.2) is 4.98 Å². The predicted octanol–water partition coefficient (Wildman–Crippen LogP) is 4.44. The molecule has 2 rings (SSSR count). The van der Waals surface area contributed by atoms with Gasteiger partial charge in [-0.15, -0.1) is 11.6 Å². The maximum atomic E-state index is 6.01. The van der Waals surface area contributed by atoms with E-state index in [0.717, 1.165) is 43.0 Å². The van der Waals surface area contributed by atoms with Crippen LogP contribution in [0, 0.1) is 9.49 Å². The Morgan fingerprint density at radius 3 is 2.90 bits per heavy atom. The van der Waals surface area contributed by atoms with Gasteiger partial charge in [-0.05, 0) is 53.1 Å². The topological polar surface area (TPSA) is 27.1 Å². The molecule has 0 N–H and O–H groups in total. The van der Waals surface area contributed by atoms with Gasteiger partial charge in [0.25, 0.3) is 0 Å². The molecule has 0 aliphatic rings. The zero-order chi connectivity index (χ0) is 14.5. The van der Waals surface area contributed by atoms with Crippen molar-refractivity contribution in [1.82, 2.24) is 9.55 Å². The average molecular weight is 407 g/mol. The quantitative estimate of drug-likeness (QED) is 0.386. The van der Waals surface area contributed by atoms with E-state index >= 15 is 0 Å². The van der Waals surface area contributed by atoms with E-state index in [0.29, 0.717) is 11.8 Å². The molecule has 0 radical (unpaired) electrons. The summed E-state index contributed by atoms with van der Waals surface area (Å²) in [5, 5.41) is 0. The Bertz CT molecular complexity index is 568. The van der Waals surface area contributed by atoms with Crippen LogP contribution in [-0.2, 0) is 17.2 Å². The summed E-state index contributed by atoms with van der Waals surface area (Å²) in [5.41, 5.74) is 2.18. The molecule has 0 saturated carbocycles. The normalized spacial score (nSPS) is 11.7. The molecule has 20 heavy (non-hydrogen) atoms. The minimum absolute atomic E-state index is 0.443. The fourth-order valence-electron chi connectivity index (χ4n) is 2.15. The summed E-state index contributed by atoms with van der Waals surface area (Å²) in [5.74, 6) is 1.97. The molecule has 1 aromatic heterocycles. The zero-order valence-corrected chi connectivity index (χ0v) is 14.8. The first-order valence-electron chi connectivity index (χ1n) is 6.90. The van der Waals surface area contributed by atoms with Crippen LogP contribution in [0.1, 0.15) is 26.1 Å². The van der Waals surface area contributed by atoms with Crippen LogP contribution in [0.5, 0.6) is 0 Å². The highest BCUT2D eigenvalue weighted by Gasteiger charge is 2.09. The van der Waals surface area contributed by atoms with Crippen LogP contribution in [-0.4, -0.2) is 22.8 Å². The van der Waals surface area contributed by atoms with Gasteiger partial charge in [0.15, 0.2) is 0 Å². The van der Waals surface area contributed by atoms with Crippen LogP contribution in [0.3, 0.4) is 0 Å². The van der Waals surface area contributed by atoms with Crippen molar-refractivity contribution in [3.05, 3.63) is 27.6 Å². The number of rotatable bonds is 7. The standard InChI is InChI=1S/C15H20ClIN2O/c1-11(2)10-20-7-3-6-19-14-5-4-12(17)8-13(14)18-15(19)9-16/h4-5,8,11H,3,6-7,9-10H2,1-2H3. The Hall–Kier alpha value is -0.330. The number of benzene rings is 1. The first-order chi connectivity index (χ1) is 9.61. The molecule has 0 atom stereocenters. The molecule has 0 amide bonds. The Labute approximate surface area is 138 Å². The molecule has 0 unspecified atom stereocenters. The third-order valence-electron chi connectivity index (χ3n) is 3.03. The molecule has 0 spiro atoms. The summed E-state index contributed by atoms with van der Waals surface area (Å²) >= 11 is 8.31. The number of aromatic nitrogens is 2. The Kier molecular flexibility index (Phi) is 6.11. The minimum Gasteiger partial charge on any atom is -0.381 e. The number of imidazole rings is 1. The van der Waals surface area contributed by atoms with Crippen LogP contribution in [0.2, 0.25) is 0 Å². The van der Waals surface area contributed by atoms with Gasteiger partial charge in [0, 0.05) is 23.3 Å². The van der Waals surface area contributed by atoms with Crippen molar-refractivity contribution in [2.45, 2.75) is 32.7 Å². The van der Waals surface area contributed by atoms with Gasteiger partial charge in [-0.1, -0.05) is 13.8 Å². The monoisotopic (exact) mass is 406 g/mol. The summed E-state index contributed by atoms with van der Waals surface area (Å²) in [6.07, 6.45) is 0.980. The molecular weight excluding hydrogens is 387 g/mol. The molecule has 0 aliphatic heterocycles. The molecule has 0 aliphatic carbocycles. The van der Waals surface area contributed by atoms with Crippen molar-refractivity contribution >= 4 is 45.2 Å². The van der Waals surface area contributed by atoms with Gasteiger partial charge in [-0.2, -0.15) is 0 Å². The molecule has 0 bridgehead atoms. The van der Waals surface area contributed by atoms with Crippen molar-refractivity contribution in [2.24, 2.45) is 5.92 Å². The summed E-state index contributed by atoms with van der Waals surface area (Å²) in [6.45, 7) is 6.83. The third-order valence-corrected chi connectivity index (χ3v) is 3.94. The van der Waals surface area contributed by atoms with Gasteiger partial charge in [0.05, 0.1) is 16.9 Å². The number of halogens is 2. The molecule has 0 fully saturated rings. The first-order valence-corrected chi connectivity index (χ1v) is 8.51. The van der Waals surface area contributed by atoms with Crippen molar-refractivity contribution < 1.29 is 4.74 Å². The van der Waals surface area contributed by atoms with E-state index in [-0.39, 0.29) is 0 Å². The van der Waals surface area contributed by atoms with Gasteiger partial charge in [-0.3, -0.25) is 0 Å². The van der Waals surface area contributed by atoms with E-state index in [1.165, 1.54) is 3.57 Å². The number of alkyl halides is 1. The van der Waals surface area contributed by atoms with Crippen molar-refractivity contribution in [3.63, 3.8) is 0 Å². The Balaban J connectivity index is 2.04. The maximum Gasteiger partial charge on any atom is 0.124 e. The van der Waals surface area contributed by atoms with E-state index in [1.807, 2.05) is 0 Å². The maximum absolute atomic E-state index is 6.01. The second kappa shape index (κ2) is 7.61. The average Bonchev–Trinajstić information content (AvgIpc) is 2.75. The second-order valence-corrected chi connectivity index (χ2v) is 6.78. The molecule has 1 aromatic carbocycles. The molecule has 1 heterocycles. The Morgan fingerprint density at radius 2 is 2.20 bits per heavy atom. The lowest BCUT2D eigenvalue weighted by molar-refractivity contribution is 0.105. The fraction of sp³-hybridized carbons (Fsp3) is 0.533. The van der Waals surface area contributed by atoms with Gasteiger partial charge in [0.2, 0.25) is 0 Å². The fourth-order valence-corrected chi connectivity index (χ4v) is 2.83. The van der Waals surface area contributed by atoms with Gasteiger partial charge < -0.3 is 9.30 Å². The smallest absolute Gasteiger partial charge is 0.124 e. The van der Waals surface area contributed by atoms with E-state index in [4.69, 9.17) is 16.3 Å². The third kappa shape index (κ3) is 4.09. The largest absolute Gasteiger partial charge is 0.381 e. The van der Waals surface area contributed by atoms with Gasteiger partial charge >= 0.3 is 0 Å². The Morgan fingerprint density at radius 1 is 1.40 bits per heavy atom. The molecule has 0 saturated heterocycles. The van der Waals surface area contributed by atoms with Crippen molar-refractivity contribution in [1.29, 1.82) is 0 Å². The van der Waals surface area contributed by atoms with E-state index in [9.17, 15) is 0 Å². The zero-order valence-electron chi connectivity index (χ0n) is 11.9. The number of aryl methyl sites for hydroxylation is 1.